The highest BCUT2D eigenvalue weighted by Gasteiger charge is 2.23. The van der Waals surface area contributed by atoms with Gasteiger partial charge in [-0.1, -0.05) is 30.3 Å². The molecule has 0 unspecified atom stereocenters. The molecule has 0 atom stereocenters. The predicted octanol–water partition coefficient (Wildman–Crippen LogP) is 2.57. The molecule has 1 aromatic carbocycles. The highest BCUT2D eigenvalue weighted by atomic mass is 16.1. The van der Waals surface area contributed by atoms with Crippen molar-refractivity contribution in [1.82, 2.24) is 25.1 Å². The minimum Gasteiger partial charge on any atom is -0.350 e. The van der Waals surface area contributed by atoms with E-state index in [1.807, 2.05) is 48.7 Å². The van der Waals surface area contributed by atoms with Crippen molar-refractivity contribution in [2.24, 2.45) is 0 Å². The third kappa shape index (κ3) is 2.96. The van der Waals surface area contributed by atoms with E-state index in [1.54, 1.807) is 10.9 Å². The summed E-state index contributed by atoms with van der Waals surface area (Å²) < 4.78 is 1.71. The van der Waals surface area contributed by atoms with Crippen LogP contribution < -0.4 is 10.2 Å². The van der Waals surface area contributed by atoms with Gasteiger partial charge < -0.3 is 10.2 Å². The number of nitrogens with zero attached hydrogens (tertiary/aromatic N) is 5. The van der Waals surface area contributed by atoms with E-state index < -0.39 is 0 Å². The summed E-state index contributed by atoms with van der Waals surface area (Å²) in [6.45, 7) is 1.95. The van der Waals surface area contributed by atoms with Crippen LogP contribution in [-0.2, 0) is 6.54 Å². The fourth-order valence-corrected chi connectivity index (χ4v) is 3.42. The number of benzene rings is 1. The van der Waals surface area contributed by atoms with Crippen LogP contribution in [0.15, 0.2) is 67.0 Å². The van der Waals surface area contributed by atoms with E-state index in [0.29, 0.717) is 36.8 Å². The van der Waals surface area contributed by atoms with Gasteiger partial charge in [-0.3, -0.25) is 9.78 Å². The van der Waals surface area contributed by atoms with Crippen LogP contribution in [0, 0.1) is 0 Å². The van der Waals surface area contributed by atoms with Gasteiger partial charge in [-0.15, -0.1) is 0 Å². The lowest BCUT2D eigenvalue weighted by Crippen LogP contribution is -2.30. The van der Waals surface area contributed by atoms with E-state index in [1.165, 1.54) is 5.56 Å². The summed E-state index contributed by atoms with van der Waals surface area (Å²) in [4.78, 5) is 23.7. The number of carbonyl (C=O) groups excluding carboxylic acids is 1. The molecule has 1 aliphatic rings. The highest BCUT2D eigenvalue weighted by molar-refractivity contribution is 5.99. The Kier molecular flexibility index (Phi) is 3.97. The summed E-state index contributed by atoms with van der Waals surface area (Å²) in [5, 5.41) is 7.50. The van der Waals surface area contributed by atoms with Gasteiger partial charge in [0.1, 0.15) is 16.9 Å². The number of hydrogen-bond donors (Lipinski definition) is 1. The van der Waals surface area contributed by atoms with E-state index in [9.17, 15) is 4.79 Å². The number of pyridine rings is 2. The standard InChI is InChI=1S/C21H18N6O/c28-21-16-8-9-19(27-14-18-17(25-27)7-4-10-22-18)24-20(16)26(12-11-23-21)13-15-5-2-1-3-6-15/h1-10,14H,11-13H2,(H,23,28). The van der Waals surface area contributed by atoms with Crippen LogP contribution in [-0.4, -0.2) is 38.7 Å². The Labute approximate surface area is 161 Å². The Morgan fingerprint density at radius 3 is 2.75 bits per heavy atom. The summed E-state index contributed by atoms with van der Waals surface area (Å²) in [6, 6.07) is 17.6. The third-order valence-corrected chi connectivity index (χ3v) is 4.80. The second-order valence-corrected chi connectivity index (χ2v) is 6.69. The van der Waals surface area contributed by atoms with Crippen LogP contribution in [0.5, 0.6) is 0 Å². The number of hydrogen-bond acceptors (Lipinski definition) is 5. The normalized spacial score (nSPS) is 13.9. The highest BCUT2D eigenvalue weighted by Crippen LogP contribution is 2.24. The van der Waals surface area contributed by atoms with Crippen LogP contribution in [0.1, 0.15) is 15.9 Å². The van der Waals surface area contributed by atoms with E-state index in [4.69, 9.17) is 4.98 Å². The molecule has 0 saturated heterocycles. The number of amides is 1. The van der Waals surface area contributed by atoms with Crippen molar-refractivity contribution in [3.63, 3.8) is 0 Å². The second kappa shape index (κ2) is 6.77. The Balaban J connectivity index is 1.58. The van der Waals surface area contributed by atoms with Crippen molar-refractivity contribution >= 4 is 22.8 Å². The molecule has 7 heteroatoms. The number of fused-ring (bicyclic) bond motifs is 2. The maximum Gasteiger partial charge on any atom is 0.255 e. The van der Waals surface area contributed by atoms with Crippen LogP contribution in [0.4, 0.5) is 5.82 Å². The average Bonchev–Trinajstić information content (AvgIpc) is 3.11. The van der Waals surface area contributed by atoms with Gasteiger partial charge in [0.25, 0.3) is 5.91 Å². The number of nitrogens with one attached hydrogen (secondary N) is 1. The number of anilines is 1. The van der Waals surface area contributed by atoms with Gasteiger partial charge in [0.15, 0.2) is 5.82 Å². The Morgan fingerprint density at radius 2 is 1.89 bits per heavy atom. The van der Waals surface area contributed by atoms with Crippen LogP contribution >= 0.6 is 0 Å². The Morgan fingerprint density at radius 1 is 1.00 bits per heavy atom. The molecule has 7 nitrogen and oxygen atoms in total. The maximum absolute atomic E-state index is 12.5. The summed E-state index contributed by atoms with van der Waals surface area (Å²) in [5.74, 6) is 1.23. The minimum absolute atomic E-state index is 0.100. The second-order valence-electron chi connectivity index (χ2n) is 6.69. The van der Waals surface area contributed by atoms with E-state index >= 15 is 0 Å². The van der Waals surface area contributed by atoms with Crippen molar-refractivity contribution < 1.29 is 4.79 Å². The Bertz CT molecular complexity index is 1120. The van der Waals surface area contributed by atoms with E-state index in [0.717, 1.165) is 11.0 Å². The zero-order chi connectivity index (χ0) is 18.9. The number of carbonyl (C=O) groups is 1. The van der Waals surface area contributed by atoms with Crippen molar-refractivity contribution in [2.45, 2.75) is 6.54 Å². The molecule has 1 amide bonds. The molecule has 28 heavy (non-hydrogen) atoms. The summed E-state index contributed by atoms with van der Waals surface area (Å²) in [5.41, 5.74) is 3.35. The van der Waals surface area contributed by atoms with Crippen LogP contribution in [0.2, 0.25) is 0 Å². The molecule has 0 bridgehead atoms. The van der Waals surface area contributed by atoms with Crippen molar-refractivity contribution in [1.29, 1.82) is 0 Å². The zero-order valence-electron chi connectivity index (χ0n) is 15.1. The van der Waals surface area contributed by atoms with E-state index in [2.05, 4.69) is 32.4 Å². The minimum atomic E-state index is -0.100. The zero-order valence-corrected chi connectivity index (χ0v) is 15.1. The summed E-state index contributed by atoms with van der Waals surface area (Å²) in [7, 11) is 0. The molecule has 4 heterocycles. The fourth-order valence-electron chi connectivity index (χ4n) is 3.42. The molecule has 0 spiro atoms. The van der Waals surface area contributed by atoms with Gasteiger partial charge in [-0.05, 0) is 29.8 Å². The van der Waals surface area contributed by atoms with Crippen LogP contribution in [0.3, 0.4) is 0 Å². The summed E-state index contributed by atoms with van der Waals surface area (Å²) in [6.07, 6.45) is 3.59. The summed E-state index contributed by atoms with van der Waals surface area (Å²) >= 11 is 0. The molecule has 1 N–H and O–H groups in total. The first-order valence-electron chi connectivity index (χ1n) is 9.17. The largest absolute Gasteiger partial charge is 0.350 e. The average molecular weight is 370 g/mol. The molecular formula is C21H18N6O. The van der Waals surface area contributed by atoms with Crippen LogP contribution in [0.25, 0.3) is 16.9 Å². The van der Waals surface area contributed by atoms with Gasteiger partial charge in [0, 0.05) is 25.8 Å². The first kappa shape index (κ1) is 16.4. The van der Waals surface area contributed by atoms with Gasteiger partial charge in [0.2, 0.25) is 0 Å². The number of rotatable bonds is 3. The molecule has 1 aliphatic heterocycles. The van der Waals surface area contributed by atoms with Gasteiger partial charge in [-0.25, -0.2) is 9.67 Å². The van der Waals surface area contributed by atoms with Gasteiger partial charge in [-0.2, -0.15) is 5.10 Å². The van der Waals surface area contributed by atoms with Crippen molar-refractivity contribution in [3.8, 4) is 5.82 Å². The van der Waals surface area contributed by atoms with E-state index in [-0.39, 0.29) is 5.91 Å². The lowest BCUT2D eigenvalue weighted by atomic mass is 10.2. The molecular weight excluding hydrogens is 352 g/mol. The molecule has 0 aliphatic carbocycles. The fraction of sp³-hybridized carbons (Fsp3) is 0.143. The molecule has 138 valence electrons. The predicted molar refractivity (Wildman–Crippen MR) is 106 cm³/mol. The molecule has 0 fully saturated rings. The smallest absolute Gasteiger partial charge is 0.255 e. The third-order valence-electron chi connectivity index (χ3n) is 4.80. The molecule has 4 aromatic rings. The van der Waals surface area contributed by atoms with Crippen molar-refractivity contribution in [3.05, 3.63) is 78.1 Å². The molecule has 0 radical (unpaired) electrons. The monoisotopic (exact) mass is 370 g/mol. The Hall–Kier alpha value is -3.74. The van der Waals surface area contributed by atoms with Gasteiger partial charge in [0.05, 0.1) is 11.8 Å². The topological polar surface area (TPSA) is 75.9 Å². The maximum atomic E-state index is 12.5. The molecule has 5 rings (SSSR count). The first-order valence-corrected chi connectivity index (χ1v) is 9.17. The molecule has 0 saturated carbocycles. The number of aromatic nitrogens is 4. The quantitative estimate of drug-likeness (QED) is 0.600. The SMILES string of the molecule is O=C1NCCN(Cc2ccccc2)c2nc(-n3cc4ncccc4n3)ccc21. The van der Waals surface area contributed by atoms with Gasteiger partial charge >= 0.3 is 0 Å². The lowest BCUT2D eigenvalue weighted by molar-refractivity contribution is 0.0958. The molecule has 3 aromatic heterocycles. The lowest BCUT2D eigenvalue weighted by Gasteiger charge is -2.23. The van der Waals surface area contributed by atoms with Crippen molar-refractivity contribution in [2.75, 3.05) is 18.0 Å². The first-order chi connectivity index (χ1) is 13.8.